The van der Waals surface area contributed by atoms with Gasteiger partial charge in [-0.25, -0.2) is 9.37 Å². The van der Waals surface area contributed by atoms with E-state index in [2.05, 4.69) is 15.6 Å². The van der Waals surface area contributed by atoms with Crippen molar-refractivity contribution in [3.8, 4) is 11.5 Å². The molecule has 0 spiro atoms. The molecule has 0 bridgehead atoms. The molecule has 0 aliphatic carbocycles. The van der Waals surface area contributed by atoms with Crippen molar-refractivity contribution < 1.29 is 13.6 Å². The number of nitrogens with zero attached hydrogens (tertiary/aromatic N) is 1. The van der Waals surface area contributed by atoms with E-state index < -0.39 is 0 Å². The van der Waals surface area contributed by atoms with E-state index in [1.807, 2.05) is 14.0 Å². The highest BCUT2D eigenvalue weighted by atomic mass is 35.5. The second-order valence-electron chi connectivity index (χ2n) is 4.82. The Kier molecular flexibility index (Phi) is 9.48. The zero-order chi connectivity index (χ0) is 15.2. The third-order valence-electron chi connectivity index (χ3n) is 3.08. The molecule has 1 aromatic heterocycles. The van der Waals surface area contributed by atoms with Gasteiger partial charge in [-0.05, 0) is 38.2 Å². The summed E-state index contributed by atoms with van der Waals surface area (Å²) in [5.41, 5.74) is 1.22. The fourth-order valence-electron chi connectivity index (χ4n) is 1.71. The molecule has 1 atom stereocenters. The molecule has 0 saturated heterocycles. The molecule has 1 heterocycles. The molecular formula is C15H20Cl2FN3O2. The molecule has 0 aliphatic rings. The first-order chi connectivity index (χ1) is 10.1. The Bertz CT molecular complexity index is 605. The van der Waals surface area contributed by atoms with Crippen LogP contribution in [0.4, 0.5) is 4.39 Å². The maximum absolute atomic E-state index is 12.8. The summed E-state index contributed by atoms with van der Waals surface area (Å²) in [5.74, 6) is -0.0546. The first-order valence-corrected chi connectivity index (χ1v) is 6.73. The summed E-state index contributed by atoms with van der Waals surface area (Å²) in [4.78, 5) is 16.0. The van der Waals surface area contributed by atoms with E-state index in [0.29, 0.717) is 23.7 Å². The highest BCUT2D eigenvalue weighted by molar-refractivity contribution is 5.85. The summed E-state index contributed by atoms with van der Waals surface area (Å²) in [6.07, 6.45) is 1.60. The van der Waals surface area contributed by atoms with Crippen molar-refractivity contribution in [2.24, 2.45) is 0 Å². The van der Waals surface area contributed by atoms with Crippen molar-refractivity contribution in [1.29, 1.82) is 0 Å². The van der Waals surface area contributed by atoms with Crippen LogP contribution in [0.3, 0.4) is 0 Å². The van der Waals surface area contributed by atoms with Crippen molar-refractivity contribution in [3.05, 3.63) is 42.0 Å². The second-order valence-corrected chi connectivity index (χ2v) is 4.82. The van der Waals surface area contributed by atoms with Gasteiger partial charge in [0.25, 0.3) is 0 Å². The van der Waals surface area contributed by atoms with Crippen molar-refractivity contribution >= 4 is 30.7 Å². The number of hydrogen-bond donors (Lipinski definition) is 2. The smallest absolute Gasteiger partial charge is 0.226 e. The van der Waals surface area contributed by atoms with Crippen molar-refractivity contribution in [2.75, 3.05) is 13.6 Å². The summed E-state index contributed by atoms with van der Waals surface area (Å²) in [5, 5.41) is 5.84. The third kappa shape index (κ3) is 6.56. The molecular weight excluding hydrogens is 344 g/mol. The molecule has 1 amide bonds. The van der Waals surface area contributed by atoms with E-state index in [-0.39, 0.29) is 49.0 Å². The molecule has 0 saturated carbocycles. The minimum Gasteiger partial charge on any atom is -0.444 e. The van der Waals surface area contributed by atoms with Crippen molar-refractivity contribution in [1.82, 2.24) is 15.6 Å². The van der Waals surface area contributed by atoms with Crippen molar-refractivity contribution in [3.63, 3.8) is 0 Å². The average Bonchev–Trinajstić information content (AvgIpc) is 2.94. The number of hydrogen-bond acceptors (Lipinski definition) is 4. The standard InChI is InChI=1S/C15H18FN3O2.2ClH/c1-10(17-2)8-18-14(20)7-13-9-21-15(19-13)11-3-5-12(16)6-4-11;;/h3-6,9-10,17H,7-8H2,1-2H3,(H,18,20);2*1H. The van der Waals surface area contributed by atoms with E-state index in [9.17, 15) is 9.18 Å². The summed E-state index contributed by atoms with van der Waals surface area (Å²) in [6.45, 7) is 2.53. The summed E-state index contributed by atoms with van der Waals surface area (Å²) in [7, 11) is 1.84. The molecule has 1 aromatic carbocycles. The van der Waals surface area contributed by atoms with Crippen LogP contribution in [0.5, 0.6) is 0 Å². The number of amides is 1. The van der Waals surface area contributed by atoms with Crippen LogP contribution in [-0.4, -0.2) is 30.5 Å². The Labute approximate surface area is 146 Å². The molecule has 23 heavy (non-hydrogen) atoms. The van der Waals surface area contributed by atoms with Gasteiger partial charge < -0.3 is 15.1 Å². The van der Waals surface area contributed by atoms with Gasteiger partial charge >= 0.3 is 0 Å². The summed E-state index contributed by atoms with van der Waals surface area (Å²) >= 11 is 0. The van der Waals surface area contributed by atoms with Crippen molar-refractivity contribution in [2.45, 2.75) is 19.4 Å². The molecule has 5 nitrogen and oxygen atoms in total. The quantitative estimate of drug-likeness (QED) is 0.827. The monoisotopic (exact) mass is 363 g/mol. The molecule has 128 valence electrons. The molecule has 2 N–H and O–H groups in total. The molecule has 0 aliphatic heterocycles. The maximum atomic E-state index is 12.8. The largest absolute Gasteiger partial charge is 0.444 e. The van der Waals surface area contributed by atoms with Crippen LogP contribution in [0.25, 0.3) is 11.5 Å². The Hall–Kier alpha value is -1.63. The molecule has 2 rings (SSSR count). The molecule has 0 fully saturated rings. The fourth-order valence-corrected chi connectivity index (χ4v) is 1.71. The zero-order valence-corrected chi connectivity index (χ0v) is 14.5. The number of benzene rings is 1. The first-order valence-electron chi connectivity index (χ1n) is 6.73. The summed E-state index contributed by atoms with van der Waals surface area (Å²) in [6, 6.07) is 6.05. The normalized spacial score (nSPS) is 11.1. The Balaban J connectivity index is 0.00000242. The van der Waals surface area contributed by atoms with Crippen LogP contribution in [0.1, 0.15) is 12.6 Å². The molecule has 2 aromatic rings. The Morgan fingerprint density at radius 3 is 2.57 bits per heavy atom. The van der Waals surface area contributed by atoms with Crippen LogP contribution < -0.4 is 10.6 Å². The zero-order valence-electron chi connectivity index (χ0n) is 12.8. The van der Waals surface area contributed by atoms with Gasteiger partial charge in [0.05, 0.1) is 12.1 Å². The number of carbonyl (C=O) groups is 1. The van der Waals surface area contributed by atoms with E-state index >= 15 is 0 Å². The predicted molar refractivity (Wildman–Crippen MR) is 91.6 cm³/mol. The second kappa shape index (κ2) is 10.2. The Morgan fingerprint density at radius 1 is 1.30 bits per heavy atom. The SMILES string of the molecule is CNC(C)CNC(=O)Cc1coc(-c2ccc(F)cc2)n1.Cl.Cl. The van der Waals surface area contributed by atoms with Gasteiger partial charge in [0, 0.05) is 18.2 Å². The topological polar surface area (TPSA) is 67.2 Å². The molecule has 8 heteroatoms. The van der Waals surface area contributed by atoms with Gasteiger partial charge in [0.1, 0.15) is 12.1 Å². The number of oxazole rings is 1. The number of rotatable bonds is 6. The number of nitrogens with one attached hydrogen (secondary N) is 2. The number of carbonyl (C=O) groups excluding carboxylic acids is 1. The fraction of sp³-hybridized carbons (Fsp3) is 0.333. The first kappa shape index (κ1) is 21.4. The number of halogens is 3. The van der Waals surface area contributed by atoms with Gasteiger partial charge in [0.2, 0.25) is 11.8 Å². The Morgan fingerprint density at radius 2 is 1.96 bits per heavy atom. The third-order valence-corrected chi connectivity index (χ3v) is 3.08. The van der Waals surface area contributed by atoms with E-state index in [4.69, 9.17) is 4.42 Å². The van der Waals surface area contributed by atoms with Crippen LogP contribution in [0.15, 0.2) is 34.9 Å². The molecule has 1 unspecified atom stereocenters. The highest BCUT2D eigenvalue weighted by Gasteiger charge is 2.11. The predicted octanol–water partition coefficient (Wildman–Crippen LogP) is 2.59. The van der Waals surface area contributed by atoms with Gasteiger partial charge in [-0.1, -0.05) is 0 Å². The van der Waals surface area contributed by atoms with Crippen LogP contribution in [-0.2, 0) is 11.2 Å². The van der Waals surface area contributed by atoms with Crippen LogP contribution in [0.2, 0.25) is 0 Å². The lowest BCUT2D eigenvalue weighted by Gasteiger charge is -2.10. The van der Waals surface area contributed by atoms with E-state index in [0.717, 1.165) is 0 Å². The lowest BCUT2D eigenvalue weighted by Crippen LogP contribution is -2.37. The van der Waals surface area contributed by atoms with E-state index in [1.165, 1.54) is 18.4 Å². The van der Waals surface area contributed by atoms with E-state index in [1.54, 1.807) is 12.1 Å². The number of likely N-dealkylation sites (N-methyl/N-ethyl adjacent to an activating group) is 1. The van der Waals surface area contributed by atoms with Gasteiger partial charge in [-0.2, -0.15) is 0 Å². The van der Waals surface area contributed by atoms with Gasteiger partial charge in [0.15, 0.2) is 0 Å². The molecule has 0 radical (unpaired) electrons. The lowest BCUT2D eigenvalue weighted by molar-refractivity contribution is -0.120. The number of aromatic nitrogens is 1. The summed E-state index contributed by atoms with van der Waals surface area (Å²) < 4.78 is 18.2. The average molecular weight is 364 g/mol. The minimum atomic E-state index is -0.316. The highest BCUT2D eigenvalue weighted by Crippen LogP contribution is 2.19. The minimum absolute atomic E-state index is 0. The maximum Gasteiger partial charge on any atom is 0.226 e. The van der Waals surface area contributed by atoms with Crippen LogP contribution >= 0.6 is 24.8 Å². The van der Waals surface area contributed by atoms with Gasteiger partial charge in [-0.3, -0.25) is 4.79 Å². The van der Waals surface area contributed by atoms with Crippen LogP contribution in [0, 0.1) is 5.82 Å². The van der Waals surface area contributed by atoms with Gasteiger partial charge in [-0.15, -0.1) is 24.8 Å². The lowest BCUT2D eigenvalue weighted by atomic mass is 10.2.